The maximum absolute atomic E-state index is 10.5. The van der Waals surface area contributed by atoms with E-state index in [1.165, 1.54) is 0 Å². The molecule has 1 aromatic rings. The molecule has 6 heteroatoms. The van der Waals surface area contributed by atoms with Crippen molar-refractivity contribution in [3.63, 3.8) is 0 Å². The number of primary amides is 1. The first-order valence-electron chi connectivity index (χ1n) is 2.60. The van der Waals surface area contributed by atoms with Gasteiger partial charge in [-0.25, -0.2) is 4.79 Å². The van der Waals surface area contributed by atoms with Crippen LogP contribution in [0.4, 0.5) is 0 Å². The molecule has 0 fully saturated rings. The van der Waals surface area contributed by atoms with E-state index < -0.39 is 11.9 Å². The zero-order valence-corrected chi connectivity index (χ0v) is 6.09. The summed E-state index contributed by atoms with van der Waals surface area (Å²) in [7, 11) is 0. The number of nitrogens with two attached hydrogens (primary N) is 1. The van der Waals surface area contributed by atoms with Gasteiger partial charge in [0.1, 0.15) is 10.4 Å². The lowest BCUT2D eigenvalue weighted by atomic mass is 10.3. The first-order chi connectivity index (χ1) is 5.13. The number of hydrogen-bond donors (Lipinski definition) is 2. The van der Waals surface area contributed by atoms with Crippen molar-refractivity contribution in [1.82, 2.24) is 4.37 Å². The molecule has 0 bridgehead atoms. The minimum absolute atomic E-state index is 0.0162. The van der Waals surface area contributed by atoms with Crippen LogP contribution in [-0.4, -0.2) is 21.4 Å². The molecule has 0 aliphatic rings. The standard InChI is InChI=1S/C5H4N2O3S/c6-4(8)3-2(5(9)10)1-7-11-3/h1H,(H2,6,8)(H,9,10). The zero-order valence-electron chi connectivity index (χ0n) is 5.27. The van der Waals surface area contributed by atoms with Gasteiger partial charge in [0.05, 0.1) is 6.20 Å². The molecule has 0 saturated carbocycles. The van der Waals surface area contributed by atoms with Crippen LogP contribution in [-0.2, 0) is 0 Å². The van der Waals surface area contributed by atoms with E-state index in [2.05, 4.69) is 4.37 Å². The van der Waals surface area contributed by atoms with Gasteiger partial charge in [-0.15, -0.1) is 0 Å². The molecule has 1 amide bonds. The second kappa shape index (κ2) is 2.67. The third kappa shape index (κ3) is 1.35. The third-order valence-corrected chi connectivity index (χ3v) is 1.84. The maximum Gasteiger partial charge on any atom is 0.339 e. The lowest BCUT2D eigenvalue weighted by molar-refractivity contribution is 0.0693. The summed E-state index contributed by atoms with van der Waals surface area (Å²) in [5.74, 6) is -1.95. The average Bonchev–Trinajstić information content (AvgIpc) is 2.32. The lowest BCUT2D eigenvalue weighted by Crippen LogP contribution is -2.13. The van der Waals surface area contributed by atoms with Crippen molar-refractivity contribution in [2.75, 3.05) is 0 Å². The monoisotopic (exact) mass is 172 g/mol. The van der Waals surface area contributed by atoms with E-state index >= 15 is 0 Å². The number of carboxylic acid groups (broad SMARTS) is 1. The Labute approximate surface area is 65.6 Å². The van der Waals surface area contributed by atoms with Crippen LogP contribution in [0.2, 0.25) is 0 Å². The molecule has 1 heterocycles. The summed E-state index contributed by atoms with van der Waals surface area (Å²) < 4.78 is 3.52. The van der Waals surface area contributed by atoms with E-state index in [1.54, 1.807) is 0 Å². The van der Waals surface area contributed by atoms with E-state index in [-0.39, 0.29) is 10.4 Å². The Bertz CT molecular complexity index is 278. The van der Waals surface area contributed by atoms with Crippen molar-refractivity contribution >= 4 is 23.4 Å². The van der Waals surface area contributed by atoms with E-state index in [4.69, 9.17) is 10.8 Å². The van der Waals surface area contributed by atoms with Crippen LogP contribution in [0.5, 0.6) is 0 Å². The molecule has 0 radical (unpaired) electrons. The summed E-state index contributed by atoms with van der Waals surface area (Å²) in [5, 5.41) is 8.46. The molecule has 0 saturated heterocycles. The van der Waals surface area contributed by atoms with Crippen LogP contribution in [0.1, 0.15) is 20.0 Å². The number of hydrogen-bond acceptors (Lipinski definition) is 4. The second-order valence-corrected chi connectivity index (χ2v) is 2.54. The number of carbonyl (C=O) groups excluding carboxylic acids is 1. The molecule has 58 valence electrons. The molecule has 1 aromatic heterocycles. The van der Waals surface area contributed by atoms with Crippen molar-refractivity contribution in [2.24, 2.45) is 5.73 Å². The third-order valence-electron chi connectivity index (χ3n) is 1.02. The molecular formula is C5H4N2O3S. The highest BCUT2D eigenvalue weighted by Gasteiger charge is 2.16. The van der Waals surface area contributed by atoms with Crippen LogP contribution in [0, 0.1) is 0 Å². The van der Waals surface area contributed by atoms with Gasteiger partial charge in [-0.05, 0) is 11.5 Å². The Balaban J connectivity index is 3.16. The van der Waals surface area contributed by atoms with Gasteiger partial charge in [-0.1, -0.05) is 0 Å². The minimum Gasteiger partial charge on any atom is -0.478 e. The number of aromatic carboxylic acids is 1. The normalized spacial score (nSPS) is 9.45. The Hall–Kier alpha value is -1.43. The molecule has 11 heavy (non-hydrogen) atoms. The molecule has 3 N–H and O–H groups in total. The first-order valence-corrected chi connectivity index (χ1v) is 3.38. The van der Waals surface area contributed by atoms with Gasteiger partial charge in [0.25, 0.3) is 5.91 Å². The van der Waals surface area contributed by atoms with Crippen LogP contribution in [0.15, 0.2) is 6.20 Å². The highest BCUT2D eigenvalue weighted by Crippen LogP contribution is 2.11. The van der Waals surface area contributed by atoms with Crippen LogP contribution in [0.25, 0.3) is 0 Å². The van der Waals surface area contributed by atoms with Crippen molar-refractivity contribution < 1.29 is 14.7 Å². The average molecular weight is 172 g/mol. The Morgan fingerprint density at radius 2 is 2.27 bits per heavy atom. The van der Waals surface area contributed by atoms with E-state index in [9.17, 15) is 9.59 Å². The summed E-state index contributed by atoms with van der Waals surface area (Å²) in [6, 6.07) is 0. The largest absolute Gasteiger partial charge is 0.478 e. The predicted octanol–water partition coefficient (Wildman–Crippen LogP) is -0.0598. The first kappa shape index (κ1) is 7.67. The minimum atomic E-state index is -1.19. The van der Waals surface area contributed by atoms with Crippen molar-refractivity contribution in [2.45, 2.75) is 0 Å². The number of rotatable bonds is 2. The van der Waals surface area contributed by atoms with Gasteiger partial charge < -0.3 is 10.8 Å². The van der Waals surface area contributed by atoms with E-state index in [1.807, 2.05) is 0 Å². The summed E-state index contributed by atoms with van der Waals surface area (Å²) in [5.41, 5.74) is 4.73. The van der Waals surface area contributed by atoms with Crippen LogP contribution >= 0.6 is 11.5 Å². The summed E-state index contributed by atoms with van der Waals surface area (Å²) in [4.78, 5) is 20.8. The molecule has 0 atom stereocenters. The number of nitrogens with zero attached hydrogens (tertiary/aromatic N) is 1. The van der Waals surface area contributed by atoms with Gasteiger partial charge >= 0.3 is 5.97 Å². The highest BCUT2D eigenvalue weighted by atomic mass is 32.1. The van der Waals surface area contributed by atoms with E-state index in [0.29, 0.717) is 0 Å². The summed E-state index contributed by atoms with van der Waals surface area (Å²) in [6.45, 7) is 0. The predicted molar refractivity (Wildman–Crippen MR) is 37.6 cm³/mol. The Morgan fingerprint density at radius 1 is 1.64 bits per heavy atom. The second-order valence-electron chi connectivity index (χ2n) is 1.74. The smallest absolute Gasteiger partial charge is 0.339 e. The molecule has 5 nitrogen and oxygen atoms in total. The van der Waals surface area contributed by atoms with Crippen molar-refractivity contribution in [1.29, 1.82) is 0 Å². The summed E-state index contributed by atoms with van der Waals surface area (Å²) in [6.07, 6.45) is 1.10. The van der Waals surface area contributed by atoms with E-state index in [0.717, 1.165) is 17.7 Å². The number of amides is 1. The van der Waals surface area contributed by atoms with Gasteiger partial charge in [0.15, 0.2) is 0 Å². The molecule has 0 aliphatic carbocycles. The number of carboxylic acids is 1. The topological polar surface area (TPSA) is 93.3 Å². The number of aromatic nitrogens is 1. The van der Waals surface area contributed by atoms with Crippen LogP contribution in [0.3, 0.4) is 0 Å². The number of carbonyl (C=O) groups is 2. The van der Waals surface area contributed by atoms with Crippen molar-refractivity contribution in [3.8, 4) is 0 Å². The molecule has 0 aromatic carbocycles. The van der Waals surface area contributed by atoms with Gasteiger partial charge in [-0.2, -0.15) is 4.37 Å². The van der Waals surface area contributed by atoms with Gasteiger partial charge in [0.2, 0.25) is 0 Å². The maximum atomic E-state index is 10.5. The van der Waals surface area contributed by atoms with Crippen LogP contribution < -0.4 is 5.73 Å². The van der Waals surface area contributed by atoms with Gasteiger partial charge in [0, 0.05) is 0 Å². The molecule has 0 unspecified atom stereocenters. The highest BCUT2D eigenvalue weighted by molar-refractivity contribution is 7.08. The quantitative estimate of drug-likeness (QED) is 0.653. The molecule has 0 spiro atoms. The lowest BCUT2D eigenvalue weighted by Gasteiger charge is -1.89. The fourth-order valence-corrected chi connectivity index (χ4v) is 1.16. The van der Waals surface area contributed by atoms with Crippen molar-refractivity contribution in [3.05, 3.63) is 16.6 Å². The summed E-state index contributed by atoms with van der Waals surface area (Å²) >= 11 is 0.781. The Morgan fingerprint density at radius 3 is 2.64 bits per heavy atom. The molecular weight excluding hydrogens is 168 g/mol. The van der Waals surface area contributed by atoms with Gasteiger partial charge in [-0.3, -0.25) is 4.79 Å². The fourth-order valence-electron chi connectivity index (χ4n) is 0.570. The zero-order chi connectivity index (χ0) is 8.43. The Kier molecular flexibility index (Phi) is 1.86. The molecule has 0 aliphatic heterocycles. The fraction of sp³-hybridized carbons (Fsp3) is 0. The molecule has 1 rings (SSSR count). The SMILES string of the molecule is NC(=O)c1sncc1C(=O)O.